The molecule has 0 saturated heterocycles. The zero-order chi connectivity index (χ0) is 16.9. The molecule has 2 aromatic rings. The fourth-order valence-electron chi connectivity index (χ4n) is 1.91. The zero-order valence-corrected chi connectivity index (χ0v) is 13.8. The Balaban J connectivity index is 1.87. The van der Waals surface area contributed by atoms with E-state index in [9.17, 15) is 9.59 Å². The van der Waals surface area contributed by atoms with Gasteiger partial charge in [0.15, 0.2) is 0 Å². The van der Waals surface area contributed by atoms with Crippen molar-refractivity contribution in [2.24, 2.45) is 5.41 Å². The number of furan rings is 1. The second-order valence-electron chi connectivity index (χ2n) is 5.70. The molecule has 0 fully saturated rings. The van der Waals surface area contributed by atoms with E-state index in [1.807, 2.05) is 12.1 Å². The molecule has 2 N–H and O–H groups in total. The van der Waals surface area contributed by atoms with Crippen LogP contribution in [0.3, 0.4) is 0 Å². The van der Waals surface area contributed by atoms with Crippen molar-refractivity contribution in [3.05, 3.63) is 59.0 Å². The summed E-state index contributed by atoms with van der Waals surface area (Å²) in [6, 6.07) is 10.7. The van der Waals surface area contributed by atoms with E-state index in [2.05, 4.69) is 10.6 Å². The van der Waals surface area contributed by atoms with Gasteiger partial charge in [-0.15, -0.1) is 0 Å². The fraction of sp³-hybridized carbons (Fsp3) is 0.294. The molecule has 6 heteroatoms. The predicted molar refractivity (Wildman–Crippen MR) is 87.6 cm³/mol. The summed E-state index contributed by atoms with van der Waals surface area (Å²) in [5, 5.41) is 6.10. The molecule has 0 saturated carbocycles. The van der Waals surface area contributed by atoms with Gasteiger partial charge in [-0.2, -0.15) is 0 Å². The summed E-state index contributed by atoms with van der Waals surface area (Å²) in [5.74, 6) is -0.0670. The molecule has 2 rings (SSSR count). The Morgan fingerprint density at radius 2 is 1.65 bits per heavy atom. The van der Waals surface area contributed by atoms with Crippen LogP contribution in [-0.2, 0) is 22.7 Å². The minimum Gasteiger partial charge on any atom is -0.467 e. The van der Waals surface area contributed by atoms with Crippen LogP contribution >= 0.6 is 11.6 Å². The summed E-state index contributed by atoms with van der Waals surface area (Å²) in [4.78, 5) is 24.5. The Hall–Kier alpha value is -2.27. The molecule has 0 atom stereocenters. The average Bonchev–Trinajstić information content (AvgIpc) is 3.05. The van der Waals surface area contributed by atoms with Gasteiger partial charge in [0.05, 0.1) is 12.8 Å². The Labute approximate surface area is 140 Å². The van der Waals surface area contributed by atoms with Crippen LogP contribution in [-0.4, -0.2) is 11.8 Å². The van der Waals surface area contributed by atoms with Crippen LogP contribution in [0, 0.1) is 5.41 Å². The number of hydrogen-bond donors (Lipinski definition) is 2. The molecule has 5 nitrogen and oxygen atoms in total. The molecule has 0 bridgehead atoms. The Morgan fingerprint density at radius 3 is 2.22 bits per heavy atom. The van der Waals surface area contributed by atoms with Crippen molar-refractivity contribution in [3.63, 3.8) is 0 Å². The molecule has 1 aromatic heterocycles. The number of halogens is 1. The minimum absolute atomic E-state index is 0.250. The van der Waals surface area contributed by atoms with Crippen LogP contribution in [0.5, 0.6) is 0 Å². The zero-order valence-electron chi connectivity index (χ0n) is 13.1. The third-order valence-corrected chi connectivity index (χ3v) is 3.76. The molecule has 0 aliphatic rings. The maximum Gasteiger partial charge on any atom is 0.235 e. The van der Waals surface area contributed by atoms with Crippen molar-refractivity contribution in [2.75, 3.05) is 0 Å². The molecule has 1 heterocycles. The normalized spacial score (nSPS) is 11.1. The van der Waals surface area contributed by atoms with Gasteiger partial charge >= 0.3 is 0 Å². The molecular weight excluding hydrogens is 316 g/mol. The van der Waals surface area contributed by atoms with Gasteiger partial charge in [0.25, 0.3) is 0 Å². The van der Waals surface area contributed by atoms with Crippen LogP contribution in [0.15, 0.2) is 47.1 Å². The largest absolute Gasteiger partial charge is 0.467 e. The number of carbonyl (C=O) groups is 2. The number of hydrogen-bond acceptors (Lipinski definition) is 3. The molecular formula is C17H19ClN2O3. The highest BCUT2D eigenvalue weighted by atomic mass is 35.5. The predicted octanol–water partition coefficient (Wildman–Crippen LogP) is 2.89. The topological polar surface area (TPSA) is 71.3 Å². The summed E-state index contributed by atoms with van der Waals surface area (Å²) < 4.78 is 5.15. The van der Waals surface area contributed by atoms with Crippen molar-refractivity contribution in [1.29, 1.82) is 0 Å². The van der Waals surface area contributed by atoms with Gasteiger partial charge in [-0.05, 0) is 43.7 Å². The lowest BCUT2D eigenvalue weighted by atomic mass is 9.91. The quantitative estimate of drug-likeness (QED) is 0.798. The number of nitrogens with one attached hydrogen (secondary N) is 2. The molecule has 0 radical (unpaired) electrons. The molecule has 0 aliphatic heterocycles. The summed E-state index contributed by atoms with van der Waals surface area (Å²) in [6.45, 7) is 3.76. The molecule has 0 aliphatic carbocycles. The standard InChI is InChI=1S/C17H19ClN2O3/c1-17(2,16(22)20-11-14-4-3-9-23-14)15(21)19-10-12-5-7-13(18)8-6-12/h3-9H,10-11H2,1-2H3,(H,19,21)(H,20,22). The van der Waals surface area contributed by atoms with Crippen molar-refractivity contribution in [1.82, 2.24) is 10.6 Å². The summed E-state index contributed by atoms with van der Waals surface area (Å²) in [7, 11) is 0. The van der Waals surface area contributed by atoms with Gasteiger partial charge in [-0.25, -0.2) is 0 Å². The van der Waals surface area contributed by atoms with Crippen molar-refractivity contribution >= 4 is 23.4 Å². The number of benzene rings is 1. The highest BCUT2D eigenvalue weighted by Gasteiger charge is 2.35. The minimum atomic E-state index is -1.18. The van der Waals surface area contributed by atoms with Crippen LogP contribution < -0.4 is 10.6 Å². The van der Waals surface area contributed by atoms with E-state index in [1.165, 1.54) is 6.26 Å². The summed E-state index contributed by atoms with van der Waals surface area (Å²) in [6.07, 6.45) is 1.53. The molecule has 2 amide bonds. The Kier molecular flexibility index (Phi) is 5.45. The van der Waals surface area contributed by atoms with Crippen molar-refractivity contribution in [3.8, 4) is 0 Å². The third kappa shape index (κ3) is 4.60. The van der Waals surface area contributed by atoms with Gasteiger partial charge in [0.1, 0.15) is 11.2 Å². The molecule has 0 unspecified atom stereocenters. The second-order valence-corrected chi connectivity index (χ2v) is 6.13. The maximum absolute atomic E-state index is 12.3. The lowest BCUT2D eigenvalue weighted by Gasteiger charge is -2.22. The molecule has 23 heavy (non-hydrogen) atoms. The fourth-order valence-corrected chi connectivity index (χ4v) is 2.04. The van der Waals surface area contributed by atoms with E-state index < -0.39 is 5.41 Å². The lowest BCUT2D eigenvalue weighted by molar-refractivity contribution is -0.141. The monoisotopic (exact) mass is 334 g/mol. The van der Waals surface area contributed by atoms with E-state index in [0.717, 1.165) is 5.56 Å². The Bertz CT molecular complexity index is 664. The van der Waals surface area contributed by atoms with Crippen molar-refractivity contribution in [2.45, 2.75) is 26.9 Å². The third-order valence-electron chi connectivity index (χ3n) is 3.50. The van der Waals surface area contributed by atoms with Gasteiger partial charge in [-0.1, -0.05) is 23.7 Å². The van der Waals surface area contributed by atoms with E-state index in [-0.39, 0.29) is 18.4 Å². The molecule has 122 valence electrons. The Morgan fingerprint density at radius 1 is 1.04 bits per heavy atom. The van der Waals surface area contributed by atoms with Crippen LogP contribution in [0.1, 0.15) is 25.2 Å². The van der Waals surface area contributed by atoms with Gasteiger partial charge in [-0.3, -0.25) is 9.59 Å². The SMILES string of the molecule is CC(C)(C(=O)NCc1ccc(Cl)cc1)C(=O)NCc1ccco1. The first-order valence-corrected chi connectivity index (χ1v) is 7.61. The second kappa shape index (κ2) is 7.33. The van der Waals surface area contributed by atoms with E-state index in [4.69, 9.17) is 16.0 Å². The van der Waals surface area contributed by atoms with Crippen LogP contribution in [0.4, 0.5) is 0 Å². The highest BCUT2D eigenvalue weighted by molar-refractivity contribution is 6.30. The van der Waals surface area contributed by atoms with Crippen LogP contribution in [0.25, 0.3) is 0 Å². The number of carbonyl (C=O) groups excluding carboxylic acids is 2. The highest BCUT2D eigenvalue weighted by Crippen LogP contribution is 2.17. The van der Waals surface area contributed by atoms with E-state index in [1.54, 1.807) is 38.1 Å². The first kappa shape index (κ1) is 17.1. The average molecular weight is 335 g/mol. The number of rotatable bonds is 6. The van der Waals surface area contributed by atoms with Gasteiger partial charge in [0.2, 0.25) is 11.8 Å². The number of amides is 2. The van der Waals surface area contributed by atoms with E-state index in [0.29, 0.717) is 17.3 Å². The summed E-state index contributed by atoms with van der Waals surface area (Å²) in [5.41, 5.74) is -0.270. The smallest absolute Gasteiger partial charge is 0.235 e. The summed E-state index contributed by atoms with van der Waals surface area (Å²) >= 11 is 5.82. The first-order valence-electron chi connectivity index (χ1n) is 7.23. The van der Waals surface area contributed by atoms with Gasteiger partial charge < -0.3 is 15.1 Å². The molecule has 1 aromatic carbocycles. The maximum atomic E-state index is 12.3. The molecule has 0 spiro atoms. The van der Waals surface area contributed by atoms with E-state index >= 15 is 0 Å². The van der Waals surface area contributed by atoms with Crippen molar-refractivity contribution < 1.29 is 14.0 Å². The lowest BCUT2D eigenvalue weighted by Crippen LogP contribution is -2.47. The van der Waals surface area contributed by atoms with Crippen LogP contribution in [0.2, 0.25) is 5.02 Å². The first-order chi connectivity index (χ1) is 10.9. The van der Waals surface area contributed by atoms with Gasteiger partial charge in [0, 0.05) is 11.6 Å².